The molecular formula is C20H23FN2O2. The van der Waals surface area contributed by atoms with E-state index in [1.54, 1.807) is 0 Å². The number of benzene rings is 2. The van der Waals surface area contributed by atoms with Crippen molar-refractivity contribution in [2.24, 2.45) is 5.92 Å². The lowest BCUT2D eigenvalue weighted by atomic mass is 9.85. The maximum atomic E-state index is 14.1. The van der Waals surface area contributed by atoms with E-state index in [9.17, 15) is 14.0 Å². The van der Waals surface area contributed by atoms with Crippen molar-refractivity contribution in [1.82, 2.24) is 0 Å². The van der Waals surface area contributed by atoms with Gasteiger partial charge in [0.15, 0.2) is 0 Å². The molecular weight excluding hydrogens is 319 g/mol. The Balaban J connectivity index is 2.28. The van der Waals surface area contributed by atoms with E-state index < -0.39 is 5.82 Å². The minimum Gasteiger partial charge on any atom is -0.326 e. The molecule has 0 aliphatic carbocycles. The molecule has 0 aliphatic heterocycles. The molecule has 0 saturated heterocycles. The largest absolute Gasteiger partial charge is 0.326 e. The van der Waals surface area contributed by atoms with Crippen LogP contribution in [0, 0.1) is 11.7 Å². The Morgan fingerprint density at radius 1 is 1.08 bits per heavy atom. The predicted molar refractivity (Wildman–Crippen MR) is 98.0 cm³/mol. The molecule has 2 rings (SSSR count). The Morgan fingerprint density at radius 3 is 2.36 bits per heavy atom. The second-order valence-corrected chi connectivity index (χ2v) is 6.14. The maximum Gasteiger partial charge on any atom is 0.232 e. The molecule has 2 unspecified atom stereocenters. The fourth-order valence-electron chi connectivity index (χ4n) is 2.75. The molecule has 5 heteroatoms. The van der Waals surface area contributed by atoms with Crippen LogP contribution < -0.4 is 10.6 Å². The molecule has 0 aliphatic rings. The molecule has 0 fully saturated rings. The third-order valence-corrected chi connectivity index (χ3v) is 4.20. The summed E-state index contributed by atoms with van der Waals surface area (Å²) in [7, 11) is 0. The van der Waals surface area contributed by atoms with Crippen LogP contribution in [0.5, 0.6) is 0 Å². The van der Waals surface area contributed by atoms with Crippen LogP contribution in [0.2, 0.25) is 0 Å². The summed E-state index contributed by atoms with van der Waals surface area (Å²) in [6, 6.07) is 13.6. The second kappa shape index (κ2) is 8.42. The monoisotopic (exact) mass is 342 g/mol. The van der Waals surface area contributed by atoms with Crippen LogP contribution in [0.1, 0.15) is 38.7 Å². The van der Waals surface area contributed by atoms with Gasteiger partial charge < -0.3 is 10.6 Å². The van der Waals surface area contributed by atoms with Gasteiger partial charge in [-0.25, -0.2) is 4.39 Å². The standard InChI is InChI=1S/C20H23FN2O2/c1-4-13(2)19(15-8-6-5-7-9-15)20(25)23-18-12-16(22-14(3)24)10-11-17(18)21/h5-13,19H,4H2,1-3H3,(H,22,24)(H,23,25). The Hall–Kier alpha value is -2.69. The first-order valence-corrected chi connectivity index (χ1v) is 8.35. The molecule has 0 spiro atoms. The van der Waals surface area contributed by atoms with Crippen molar-refractivity contribution in [3.63, 3.8) is 0 Å². The van der Waals surface area contributed by atoms with Gasteiger partial charge in [-0.1, -0.05) is 50.6 Å². The van der Waals surface area contributed by atoms with Gasteiger partial charge in [0.25, 0.3) is 0 Å². The highest BCUT2D eigenvalue weighted by Crippen LogP contribution is 2.29. The number of hydrogen-bond acceptors (Lipinski definition) is 2. The Labute approximate surface area is 147 Å². The normalized spacial score (nSPS) is 13.0. The molecule has 2 amide bonds. The van der Waals surface area contributed by atoms with E-state index in [4.69, 9.17) is 0 Å². The molecule has 2 aromatic carbocycles. The molecule has 2 aromatic rings. The van der Waals surface area contributed by atoms with Crippen molar-refractivity contribution >= 4 is 23.2 Å². The summed E-state index contributed by atoms with van der Waals surface area (Å²) in [5.74, 6) is -1.34. The molecule has 0 bridgehead atoms. The van der Waals surface area contributed by atoms with E-state index in [2.05, 4.69) is 10.6 Å². The number of nitrogens with one attached hydrogen (secondary N) is 2. The summed E-state index contributed by atoms with van der Waals surface area (Å²) >= 11 is 0. The number of anilines is 2. The van der Waals surface area contributed by atoms with E-state index in [-0.39, 0.29) is 29.3 Å². The number of carbonyl (C=O) groups excluding carboxylic acids is 2. The third-order valence-electron chi connectivity index (χ3n) is 4.20. The predicted octanol–water partition coefficient (Wildman–Crippen LogP) is 4.55. The van der Waals surface area contributed by atoms with E-state index in [1.807, 2.05) is 44.2 Å². The SMILES string of the molecule is CCC(C)C(C(=O)Nc1cc(NC(C)=O)ccc1F)c1ccccc1. The summed E-state index contributed by atoms with van der Waals surface area (Å²) in [6.07, 6.45) is 0.821. The van der Waals surface area contributed by atoms with Crippen LogP contribution in [-0.4, -0.2) is 11.8 Å². The molecule has 132 valence electrons. The Morgan fingerprint density at radius 2 is 1.76 bits per heavy atom. The molecule has 2 N–H and O–H groups in total. The van der Waals surface area contributed by atoms with E-state index in [1.165, 1.54) is 25.1 Å². The first-order valence-electron chi connectivity index (χ1n) is 8.35. The summed E-state index contributed by atoms with van der Waals surface area (Å²) in [5, 5.41) is 5.26. The highest BCUT2D eigenvalue weighted by Gasteiger charge is 2.26. The van der Waals surface area contributed by atoms with E-state index in [0.717, 1.165) is 12.0 Å². The smallest absolute Gasteiger partial charge is 0.232 e. The van der Waals surface area contributed by atoms with Crippen molar-refractivity contribution < 1.29 is 14.0 Å². The molecule has 4 nitrogen and oxygen atoms in total. The van der Waals surface area contributed by atoms with Gasteiger partial charge in [-0.15, -0.1) is 0 Å². The van der Waals surface area contributed by atoms with Crippen molar-refractivity contribution in [3.8, 4) is 0 Å². The van der Waals surface area contributed by atoms with Crippen LogP contribution in [0.25, 0.3) is 0 Å². The number of rotatable bonds is 6. The van der Waals surface area contributed by atoms with Crippen LogP contribution in [0.4, 0.5) is 15.8 Å². The van der Waals surface area contributed by atoms with Gasteiger partial charge in [-0.3, -0.25) is 9.59 Å². The van der Waals surface area contributed by atoms with Crippen molar-refractivity contribution in [1.29, 1.82) is 0 Å². The summed E-state index contributed by atoms with van der Waals surface area (Å²) in [5.41, 5.74) is 1.39. The zero-order chi connectivity index (χ0) is 18.4. The number of halogens is 1. The third kappa shape index (κ3) is 4.89. The summed E-state index contributed by atoms with van der Waals surface area (Å²) in [4.78, 5) is 24.0. The first kappa shape index (κ1) is 18.6. The minimum atomic E-state index is -0.543. The van der Waals surface area contributed by atoms with Gasteiger partial charge >= 0.3 is 0 Å². The molecule has 0 radical (unpaired) electrons. The first-order chi connectivity index (χ1) is 11.9. The fraction of sp³-hybridized carbons (Fsp3) is 0.300. The van der Waals surface area contributed by atoms with Gasteiger partial charge in [-0.05, 0) is 29.7 Å². The lowest BCUT2D eigenvalue weighted by molar-refractivity contribution is -0.118. The van der Waals surface area contributed by atoms with Gasteiger partial charge in [0, 0.05) is 12.6 Å². The number of amides is 2. The van der Waals surface area contributed by atoms with Gasteiger partial charge in [0.1, 0.15) is 5.82 Å². The van der Waals surface area contributed by atoms with Crippen molar-refractivity contribution in [2.75, 3.05) is 10.6 Å². The van der Waals surface area contributed by atoms with Crippen LogP contribution >= 0.6 is 0 Å². The van der Waals surface area contributed by atoms with Crippen LogP contribution in [0.3, 0.4) is 0 Å². The summed E-state index contributed by atoms with van der Waals surface area (Å²) < 4.78 is 14.1. The van der Waals surface area contributed by atoms with Crippen LogP contribution in [-0.2, 0) is 9.59 Å². The quantitative estimate of drug-likeness (QED) is 0.809. The average Bonchev–Trinajstić information content (AvgIpc) is 2.58. The molecule has 0 heterocycles. The lowest BCUT2D eigenvalue weighted by Crippen LogP contribution is -2.26. The zero-order valence-electron chi connectivity index (χ0n) is 14.7. The fourth-order valence-corrected chi connectivity index (χ4v) is 2.75. The minimum absolute atomic E-state index is 0.0560. The number of carbonyl (C=O) groups is 2. The van der Waals surface area contributed by atoms with E-state index >= 15 is 0 Å². The zero-order valence-corrected chi connectivity index (χ0v) is 14.7. The second-order valence-electron chi connectivity index (χ2n) is 6.14. The van der Waals surface area contributed by atoms with Crippen molar-refractivity contribution in [2.45, 2.75) is 33.1 Å². The molecule has 0 aromatic heterocycles. The van der Waals surface area contributed by atoms with Gasteiger partial charge in [-0.2, -0.15) is 0 Å². The molecule has 25 heavy (non-hydrogen) atoms. The number of hydrogen-bond donors (Lipinski definition) is 2. The van der Waals surface area contributed by atoms with E-state index in [0.29, 0.717) is 5.69 Å². The van der Waals surface area contributed by atoms with Gasteiger partial charge in [0.05, 0.1) is 11.6 Å². The molecule has 2 atom stereocenters. The summed E-state index contributed by atoms with van der Waals surface area (Å²) in [6.45, 7) is 5.39. The topological polar surface area (TPSA) is 58.2 Å². The molecule has 0 saturated carbocycles. The Kier molecular flexibility index (Phi) is 6.28. The highest BCUT2D eigenvalue weighted by atomic mass is 19.1. The average molecular weight is 342 g/mol. The Bertz CT molecular complexity index is 747. The highest BCUT2D eigenvalue weighted by molar-refractivity contribution is 5.97. The van der Waals surface area contributed by atoms with Crippen LogP contribution in [0.15, 0.2) is 48.5 Å². The lowest BCUT2D eigenvalue weighted by Gasteiger charge is -2.23. The van der Waals surface area contributed by atoms with Crippen molar-refractivity contribution in [3.05, 3.63) is 59.9 Å². The van der Waals surface area contributed by atoms with Gasteiger partial charge in [0.2, 0.25) is 11.8 Å². The maximum absolute atomic E-state index is 14.1.